The number of nitrogens with zero attached hydrogens (tertiary/aromatic N) is 4. The maximum atomic E-state index is 13.5. The lowest BCUT2D eigenvalue weighted by atomic mass is 10.1. The highest BCUT2D eigenvalue weighted by atomic mass is 32.2. The molecule has 1 aliphatic carbocycles. The summed E-state index contributed by atoms with van der Waals surface area (Å²) in [5.41, 5.74) is 1.48. The van der Waals surface area contributed by atoms with Gasteiger partial charge in [-0.2, -0.15) is 0 Å². The van der Waals surface area contributed by atoms with E-state index in [2.05, 4.69) is 10.3 Å². The molecule has 0 unspecified atom stereocenters. The molecule has 11 heteroatoms. The summed E-state index contributed by atoms with van der Waals surface area (Å²) in [5, 5.41) is 3.47. The Morgan fingerprint density at radius 1 is 1.19 bits per heavy atom. The summed E-state index contributed by atoms with van der Waals surface area (Å²) >= 11 is 2.93. The number of amides is 3. The van der Waals surface area contributed by atoms with Crippen molar-refractivity contribution in [2.45, 2.75) is 28.9 Å². The van der Waals surface area contributed by atoms with Crippen LogP contribution < -0.4 is 10.1 Å². The van der Waals surface area contributed by atoms with Crippen LogP contribution in [0.15, 0.2) is 39.6 Å². The molecule has 1 saturated carbocycles. The van der Waals surface area contributed by atoms with Crippen LogP contribution in [0.3, 0.4) is 0 Å². The van der Waals surface area contributed by atoms with Crippen LogP contribution in [0, 0.1) is 12.8 Å². The first kappa shape index (κ1) is 27.2. The smallest absolute Gasteiger partial charge is 0.257 e. The Morgan fingerprint density at radius 3 is 2.54 bits per heavy atom. The molecular formula is C26H33N5O4S2. The maximum absolute atomic E-state index is 13.5. The highest BCUT2D eigenvalue weighted by Gasteiger charge is 2.30. The van der Waals surface area contributed by atoms with Gasteiger partial charge in [0.2, 0.25) is 11.8 Å². The van der Waals surface area contributed by atoms with Crippen LogP contribution in [0.2, 0.25) is 0 Å². The minimum atomic E-state index is -0.115. The van der Waals surface area contributed by atoms with Crippen molar-refractivity contribution in [1.29, 1.82) is 0 Å². The zero-order valence-electron chi connectivity index (χ0n) is 21.7. The van der Waals surface area contributed by atoms with Gasteiger partial charge in [-0.25, -0.2) is 4.98 Å². The van der Waals surface area contributed by atoms with Crippen molar-refractivity contribution in [2.75, 3.05) is 59.2 Å². The maximum Gasteiger partial charge on any atom is 0.257 e. The van der Waals surface area contributed by atoms with Crippen LogP contribution in [0.1, 0.15) is 28.8 Å². The molecule has 198 valence electrons. The van der Waals surface area contributed by atoms with Crippen LogP contribution in [0.5, 0.6) is 5.75 Å². The lowest BCUT2D eigenvalue weighted by Gasteiger charge is -2.34. The number of aryl methyl sites for hydroxylation is 1. The van der Waals surface area contributed by atoms with Crippen molar-refractivity contribution in [3.63, 3.8) is 0 Å². The Kier molecular flexibility index (Phi) is 8.88. The number of rotatable bonds is 9. The van der Waals surface area contributed by atoms with Crippen molar-refractivity contribution in [3.8, 4) is 5.75 Å². The largest absolute Gasteiger partial charge is 0.496 e. The van der Waals surface area contributed by atoms with E-state index in [9.17, 15) is 14.4 Å². The number of nitrogens with one attached hydrogen (secondary N) is 1. The summed E-state index contributed by atoms with van der Waals surface area (Å²) in [5.74, 6) is 0.537. The molecule has 3 amide bonds. The Hall–Kier alpha value is -2.89. The molecule has 2 fully saturated rings. The van der Waals surface area contributed by atoms with Crippen LogP contribution >= 0.6 is 23.1 Å². The molecule has 1 saturated heterocycles. The van der Waals surface area contributed by atoms with E-state index in [0.717, 1.165) is 27.5 Å². The Morgan fingerprint density at radius 2 is 1.89 bits per heavy atom. The van der Waals surface area contributed by atoms with E-state index < -0.39 is 0 Å². The number of ether oxygens (including phenoxy) is 1. The second-order valence-electron chi connectivity index (χ2n) is 9.45. The predicted molar refractivity (Wildman–Crippen MR) is 145 cm³/mol. The van der Waals surface area contributed by atoms with Crippen molar-refractivity contribution in [1.82, 2.24) is 19.7 Å². The molecular weight excluding hydrogens is 510 g/mol. The molecule has 0 atom stereocenters. The first-order valence-electron chi connectivity index (χ1n) is 12.3. The summed E-state index contributed by atoms with van der Waals surface area (Å²) < 4.78 is 6.47. The summed E-state index contributed by atoms with van der Waals surface area (Å²) in [6.07, 6.45) is 7.08. The molecule has 0 spiro atoms. The molecule has 9 nitrogen and oxygen atoms in total. The van der Waals surface area contributed by atoms with Gasteiger partial charge in [-0.1, -0.05) is 29.2 Å². The Balaban J connectivity index is 1.41. The number of hydrogen-bond donors (Lipinski definition) is 1. The van der Waals surface area contributed by atoms with Crippen LogP contribution in [-0.4, -0.2) is 91.3 Å². The minimum absolute atomic E-state index is 0.0298. The molecule has 1 N–H and O–H groups in total. The van der Waals surface area contributed by atoms with Gasteiger partial charge in [0.25, 0.3) is 5.91 Å². The third-order valence-electron chi connectivity index (χ3n) is 6.21. The molecule has 1 aromatic heterocycles. The van der Waals surface area contributed by atoms with E-state index in [1.807, 2.05) is 44.1 Å². The van der Waals surface area contributed by atoms with Crippen molar-refractivity contribution < 1.29 is 19.1 Å². The number of hydrogen-bond acceptors (Lipinski definition) is 8. The fourth-order valence-corrected chi connectivity index (χ4v) is 5.85. The number of likely N-dealkylation sites (N-methyl/N-ethyl adjacent to an activating group) is 1. The van der Waals surface area contributed by atoms with E-state index in [0.29, 0.717) is 49.2 Å². The first-order chi connectivity index (χ1) is 17.7. The van der Waals surface area contributed by atoms with Gasteiger partial charge < -0.3 is 24.8 Å². The molecule has 1 aromatic carbocycles. The van der Waals surface area contributed by atoms with E-state index in [4.69, 9.17) is 4.74 Å². The highest BCUT2D eigenvalue weighted by Crippen LogP contribution is 2.39. The number of benzene rings is 1. The predicted octanol–water partition coefficient (Wildman–Crippen LogP) is 3.36. The first-order valence-corrected chi connectivity index (χ1v) is 13.9. The second-order valence-corrected chi connectivity index (χ2v) is 11.8. The van der Waals surface area contributed by atoms with Gasteiger partial charge in [-0.05, 0) is 51.6 Å². The molecule has 0 bridgehead atoms. The topological polar surface area (TPSA) is 95.1 Å². The number of piperazine rings is 1. The Bertz CT molecular complexity index is 1180. The average molecular weight is 544 g/mol. The summed E-state index contributed by atoms with van der Waals surface area (Å²) in [6.45, 7) is 4.58. The van der Waals surface area contributed by atoms with Gasteiger partial charge in [0.05, 0.1) is 23.1 Å². The third kappa shape index (κ3) is 7.12. The van der Waals surface area contributed by atoms with Gasteiger partial charge in [0, 0.05) is 49.6 Å². The highest BCUT2D eigenvalue weighted by molar-refractivity contribution is 8.01. The number of thiazole rings is 1. The van der Waals surface area contributed by atoms with E-state index in [-0.39, 0.29) is 23.6 Å². The van der Waals surface area contributed by atoms with Crippen LogP contribution in [0.25, 0.3) is 0 Å². The zero-order chi connectivity index (χ0) is 26.5. The Labute approximate surface area is 225 Å². The van der Waals surface area contributed by atoms with Crippen molar-refractivity contribution in [3.05, 3.63) is 41.6 Å². The zero-order valence-corrected chi connectivity index (χ0v) is 23.3. The van der Waals surface area contributed by atoms with E-state index >= 15 is 0 Å². The standard InChI is InChI=1S/C26H33N5O4S2/c1-17-14-20(35-4)19(15-21(17)36-23-16-27-26(37-23)28-24(33)18-7-8-18)25(34)31-12-10-30(11-13-31)22(32)6-5-9-29(2)3/h5-6,14-16,18H,7-13H2,1-4H3,(H,27,28,33)/b6-5+. The van der Waals surface area contributed by atoms with Gasteiger partial charge in [-0.15, -0.1) is 0 Å². The van der Waals surface area contributed by atoms with Gasteiger partial charge in [-0.3, -0.25) is 14.4 Å². The summed E-state index contributed by atoms with van der Waals surface area (Å²) in [6, 6.07) is 3.74. The molecule has 2 heterocycles. The van der Waals surface area contributed by atoms with Gasteiger partial charge in [0.15, 0.2) is 5.13 Å². The molecule has 0 radical (unpaired) electrons. The van der Waals surface area contributed by atoms with E-state index in [1.165, 1.54) is 23.1 Å². The third-order valence-corrected chi connectivity index (χ3v) is 8.38. The molecule has 1 aliphatic heterocycles. The number of anilines is 1. The van der Waals surface area contributed by atoms with Gasteiger partial charge >= 0.3 is 0 Å². The fourth-order valence-electron chi connectivity index (χ4n) is 3.90. The average Bonchev–Trinajstić information content (AvgIpc) is 3.65. The lowest BCUT2D eigenvalue weighted by Crippen LogP contribution is -2.50. The molecule has 2 aliphatic rings. The van der Waals surface area contributed by atoms with Crippen molar-refractivity contribution in [2.24, 2.45) is 5.92 Å². The summed E-state index contributed by atoms with van der Waals surface area (Å²) in [4.78, 5) is 48.7. The van der Waals surface area contributed by atoms with Crippen LogP contribution in [-0.2, 0) is 9.59 Å². The number of aromatic nitrogens is 1. The number of methoxy groups -OCH3 is 1. The fraction of sp³-hybridized carbons (Fsp3) is 0.462. The quantitative estimate of drug-likeness (QED) is 0.485. The SMILES string of the molecule is COc1cc(C)c(Sc2cnc(NC(=O)C3CC3)s2)cc1C(=O)N1CCN(C(=O)/C=C/CN(C)C)CC1. The van der Waals surface area contributed by atoms with E-state index in [1.54, 1.807) is 29.2 Å². The minimum Gasteiger partial charge on any atom is -0.496 e. The molecule has 2 aromatic rings. The molecule has 37 heavy (non-hydrogen) atoms. The second kappa shape index (κ2) is 12.1. The lowest BCUT2D eigenvalue weighted by molar-refractivity contribution is -0.127. The van der Waals surface area contributed by atoms with Crippen LogP contribution in [0.4, 0.5) is 5.13 Å². The number of carbonyl (C=O) groups excluding carboxylic acids is 3. The number of carbonyl (C=O) groups is 3. The van der Waals surface area contributed by atoms with Crippen molar-refractivity contribution >= 4 is 46.0 Å². The molecule has 4 rings (SSSR count). The van der Waals surface area contributed by atoms with Gasteiger partial charge in [0.1, 0.15) is 5.75 Å². The monoisotopic (exact) mass is 543 g/mol. The normalized spacial score (nSPS) is 15.9. The summed E-state index contributed by atoms with van der Waals surface area (Å²) in [7, 11) is 5.46.